The highest BCUT2D eigenvalue weighted by Crippen LogP contribution is 2.27. The molecular weight excluding hydrogens is 324 g/mol. The number of carbonyl (C=O) groups excluding carboxylic acids is 1. The molecule has 0 unspecified atom stereocenters. The largest absolute Gasteiger partial charge is 0.338 e. The first-order valence-electron chi connectivity index (χ1n) is 9.37. The van der Waals surface area contributed by atoms with Gasteiger partial charge in [-0.1, -0.05) is 25.1 Å². The Morgan fingerprint density at radius 3 is 2.92 bits per heavy atom. The molecule has 4 rings (SSSR count). The van der Waals surface area contributed by atoms with Gasteiger partial charge in [0.15, 0.2) is 0 Å². The molecule has 1 atom stereocenters. The number of likely N-dealkylation sites (tertiary alicyclic amines) is 1. The Labute approximate surface area is 153 Å². The normalized spacial score (nSPS) is 17.6. The molecule has 134 valence electrons. The molecule has 1 saturated heterocycles. The quantitative estimate of drug-likeness (QED) is 0.719. The van der Waals surface area contributed by atoms with Crippen molar-refractivity contribution in [1.82, 2.24) is 19.7 Å². The first kappa shape index (κ1) is 16.8. The summed E-state index contributed by atoms with van der Waals surface area (Å²) in [5.74, 6) is 0.669. The molecule has 0 saturated carbocycles. The maximum Gasteiger partial charge on any atom is 0.254 e. The van der Waals surface area contributed by atoms with Crippen molar-refractivity contribution in [3.63, 3.8) is 0 Å². The summed E-state index contributed by atoms with van der Waals surface area (Å²) < 4.78 is 1.88. The van der Waals surface area contributed by atoms with E-state index >= 15 is 0 Å². The molecule has 0 aliphatic carbocycles. The summed E-state index contributed by atoms with van der Waals surface area (Å²) in [6, 6.07) is 9.82. The maximum absolute atomic E-state index is 13.3. The second kappa shape index (κ2) is 6.90. The Morgan fingerprint density at radius 1 is 1.31 bits per heavy atom. The number of rotatable bonds is 3. The fourth-order valence-electron chi connectivity index (χ4n) is 3.71. The number of carbonyl (C=O) groups is 1. The Morgan fingerprint density at radius 2 is 2.15 bits per heavy atom. The summed E-state index contributed by atoms with van der Waals surface area (Å²) in [5.41, 5.74) is 3.34. The lowest BCUT2D eigenvalue weighted by atomic mass is 9.98. The van der Waals surface area contributed by atoms with Gasteiger partial charge in [-0.2, -0.15) is 5.10 Å². The van der Waals surface area contributed by atoms with Crippen molar-refractivity contribution in [3.05, 3.63) is 48.3 Å². The average molecular weight is 348 g/mol. The van der Waals surface area contributed by atoms with E-state index in [1.807, 2.05) is 52.3 Å². The molecule has 0 N–H and O–H groups in total. The number of aromatic nitrogens is 3. The molecule has 0 radical (unpaired) electrons. The summed E-state index contributed by atoms with van der Waals surface area (Å²) in [5, 5.41) is 5.27. The van der Waals surface area contributed by atoms with Crippen LogP contribution in [0.25, 0.3) is 22.2 Å². The minimum absolute atomic E-state index is 0.110. The third-order valence-electron chi connectivity index (χ3n) is 5.14. The van der Waals surface area contributed by atoms with Crippen molar-refractivity contribution in [1.29, 1.82) is 0 Å². The number of fused-ring (bicyclic) bond motifs is 1. The highest BCUT2D eigenvalue weighted by atomic mass is 16.2. The van der Waals surface area contributed by atoms with Crippen LogP contribution in [0.2, 0.25) is 0 Å². The fraction of sp³-hybridized carbons (Fsp3) is 0.381. The van der Waals surface area contributed by atoms with Gasteiger partial charge in [0.1, 0.15) is 0 Å². The lowest BCUT2D eigenvalue weighted by Gasteiger charge is -2.31. The number of amides is 1. The minimum Gasteiger partial charge on any atom is -0.338 e. The molecule has 1 aromatic carbocycles. The monoisotopic (exact) mass is 348 g/mol. The zero-order valence-corrected chi connectivity index (χ0v) is 15.4. The molecule has 5 nitrogen and oxygen atoms in total. The number of piperidine rings is 1. The number of aryl methyl sites for hydroxylation is 1. The highest BCUT2D eigenvalue weighted by molar-refractivity contribution is 6.07. The summed E-state index contributed by atoms with van der Waals surface area (Å²) in [6.45, 7) is 6.75. The Hall–Kier alpha value is -2.69. The van der Waals surface area contributed by atoms with Gasteiger partial charge in [-0.25, -0.2) is 4.98 Å². The first-order valence-corrected chi connectivity index (χ1v) is 9.37. The van der Waals surface area contributed by atoms with Crippen LogP contribution >= 0.6 is 0 Å². The molecule has 0 spiro atoms. The van der Waals surface area contributed by atoms with Crippen LogP contribution in [-0.4, -0.2) is 38.7 Å². The van der Waals surface area contributed by atoms with Gasteiger partial charge in [0.05, 0.1) is 23.0 Å². The van der Waals surface area contributed by atoms with Gasteiger partial charge in [0.25, 0.3) is 5.91 Å². The smallest absolute Gasteiger partial charge is 0.254 e. The summed E-state index contributed by atoms with van der Waals surface area (Å²) in [6.07, 6.45) is 6.07. The molecule has 1 amide bonds. The molecule has 1 aliphatic rings. The number of pyridine rings is 1. The molecule has 1 fully saturated rings. The lowest BCUT2D eigenvalue weighted by Crippen LogP contribution is -2.39. The third kappa shape index (κ3) is 3.09. The number of hydrogen-bond acceptors (Lipinski definition) is 3. The van der Waals surface area contributed by atoms with Crippen molar-refractivity contribution in [2.75, 3.05) is 13.1 Å². The second-order valence-corrected chi connectivity index (χ2v) is 7.16. The van der Waals surface area contributed by atoms with Crippen LogP contribution in [0.5, 0.6) is 0 Å². The van der Waals surface area contributed by atoms with Crippen LogP contribution < -0.4 is 0 Å². The molecule has 5 heteroatoms. The van der Waals surface area contributed by atoms with Crippen LogP contribution in [0.1, 0.15) is 37.0 Å². The molecule has 26 heavy (non-hydrogen) atoms. The van der Waals surface area contributed by atoms with E-state index in [0.29, 0.717) is 5.92 Å². The Bertz CT molecular complexity index is 946. The summed E-state index contributed by atoms with van der Waals surface area (Å²) >= 11 is 0. The van der Waals surface area contributed by atoms with Gasteiger partial charge >= 0.3 is 0 Å². The van der Waals surface area contributed by atoms with Gasteiger partial charge in [-0.05, 0) is 37.8 Å². The first-order chi connectivity index (χ1) is 12.7. The number of nitrogens with zero attached hydrogens (tertiary/aromatic N) is 4. The number of para-hydroxylation sites is 1. The number of benzene rings is 1. The Kier molecular flexibility index (Phi) is 4.45. The standard InChI is InChI=1S/C21H24N4O/c1-3-25-14-16(12-22-25)20-11-18(17-8-4-5-9-19(17)23-20)21(26)24-10-6-7-15(2)13-24/h4-5,8-9,11-12,14-15H,3,6-7,10,13H2,1-2H3/t15-/m1/s1. The summed E-state index contributed by atoms with van der Waals surface area (Å²) in [4.78, 5) is 20.0. The molecular formula is C21H24N4O. The van der Waals surface area contributed by atoms with Gasteiger partial charge in [0.2, 0.25) is 0 Å². The summed E-state index contributed by atoms with van der Waals surface area (Å²) in [7, 11) is 0. The van der Waals surface area contributed by atoms with E-state index in [1.54, 1.807) is 0 Å². The van der Waals surface area contributed by atoms with Crippen molar-refractivity contribution in [2.45, 2.75) is 33.2 Å². The molecule has 3 heterocycles. The molecule has 0 bridgehead atoms. The third-order valence-corrected chi connectivity index (χ3v) is 5.14. The topological polar surface area (TPSA) is 51.0 Å². The van der Waals surface area contributed by atoms with E-state index in [2.05, 4.69) is 18.9 Å². The van der Waals surface area contributed by atoms with E-state index in [-0.39, 0.29) is 5.91 Å². The van der Waals surface area contributed by atoms with Crippen LogP contribution in [0.3, 0.4) is 0 Å². The van der Waals surface area contributed by atoms with E-state index < -0.39 is 0 Å². The zero-order valence-electron chi connectivity index (χ0n) is 15.4. The molecule has 2 aromatic heterocycles. The van der Waals surface area contributed by atoms with Crippen LogP contribution in [0.4, 0.5) is 0 Å². The van der Waals surface area contributed by atoms with Gasteiger partial charge in [-0.15, -0.1) is 0 Å². The van der Waals surface area contributed by atoms with Crippen LogP contribution in [0.15, 0.2) is 42.7 Å². The number of hydrogen-bond donors (Lipinski definition) is 0. The van der Waals surface area contributed by atoms with Crippen molar-refractivity contribution >= 4 is 16.8 Å². The van der Waals surface area contributed by atoms with Crippen molar-refractivity contribution in [2.24, 2.45) is 5.92 Å². The Balaban J connectivity index is 1.80. The van der Waals surface area contributed by atoms with Gasteiger partial charge in [0, 0.05) is 36.8 Å². The van der Waals surface area contributed by atoms with Crippen LogP contribution in [-0.2, 0) is 6.54 Å². The van der Waals surface area contributed by atoms with E-state index in [9.17, 15) is 4.79 Å². The van der Waals surface area contributed by atoms with Gasteiger partial charge < -0.3 is 4.90 Å². The highest BCUT2D eigenvalue weighted by Gasteiger charge is 2.24. The van der Waals surface area contributed by atoms with E-state index in [0.717, 1.165) is 53.8 Å². The van der Waals surface area contributed by atoms with Crippen LogP contribution in [0, 0.1) is 5.92 Å². The average Bonchev–Trinajstić information content (AvgIpc) is 3.16. The SMILES string of the molecule is CCn1cc(-c2cc(C(=O)N3CCC[C@@H](C)C3)c3ccccc3n2)cn1. The predicted molar refractivity (Wildman–Crippen MR) is 103 cm³/mol. The maximum atomic E-state index is 13.3. The van der Waals surface area contributed by atoms with Crippen molar-refractivity contribution in [3.8, 4) is 11.3 Å². The zero-order chi connectivity index (χ0) is 18.1. The van der Waals surface area contributed by atoms with E-state index in [1.165, 1.54) is 6.42 Å². The van der Waals surface area contributed by atoms with E-state index in [4.69, 9.17) is 4.98 Å². The van der Waals surface area contributed by atoms with Crippen molar-refractivity contribution < 1.29 is 4.79 Å². The lowest BCUT2D eigenvalue weighted by molar-refractivity contribution is 0.0685. The van der Waals surface area contributed by atoms with Gasteiger partial charge in [-0.3, -0.25) is 9.48 Å². The fourth-order valence-corrected chi connectivity index (χ4v) is 3.71. The minimum atomic E-state index is 0.110. The molecule has 3 aromatic rings. The second-order valence-electron chi connectivity index (χ2n) is 7.16. The predicted octanol–water partition coefficient (Wildman–Crippen LogP) is 3.99. The molecule has 1 aliphatic heterocycles.